The van der Waals surface area contributed by atoms with Crippen molar-refractivity contribution < 1.29 is 0 Å². The summed E-state index contributed by atoms with van der Waals surface area (Å²) in [4.78, 5) is 0. The van der Waals surface area contributed by atoms with E-state index in [0.717, 1.165) is 26.1 Å². The molecule has 0 spiro atoms. The Kier molecular flexibility index (Phi) is 5.92. The van der Waals surface area contributed by atoms with Crippen molar-refractivity contribution in [3.05, 3.63) is 11.6 Å². The third-order valence-electron chi connectivity index (χ3n) is 2.51. The molecule has 1 saturated heterocycles. The standard InChI is InChI=1S/C8H15N3.2ClH/c9-3-7-2-1-6-4-10-5-8(6)11-7;;/h1,7-8,10-11H,2-5,9H2;2*1H. The van der Waals surface area contributed by atoms with E-state index in [9.17, 15) is 0 Å². The van der Waals surface area contributed by atoms with E-state index in [-0.39, 0.29) is 24.8 Å². The maximum atomic E-state index is 5.57. The molecule has 1 fully saturated rings. The highest BCUT2D eigenvalue weighted by molar-refractivity contribution is 5.85. The fourth-order valence-corrected chi connectivity index (χ4v) is 1.81. The van der Waals surface area contributed by atoms with Gasteiger partial charge in [-0.15, -0.1) is 24.8 Å². The Hall–Kier alpha value is 0.200. The molecule has 5 heteroatoms. The SMILES string of the molecule is Cl.Cl.NCC1CC=C2CNCC2N1. The monoisotopic (exact) mass is 225 g/mol. The minimum absolute atomic E-state index is 0. The number of hydrogen-bond acceptors (Lipinski definition) is 3. The first-order valence-corrected chi connectivity index (χ1v) is 4.26. The van der Waals surface area contributed by atoms with Gasteiger partial charge in [-0.25, -0.2) is 0 Å². The molecule has 4 N–H and O–H groups in total. The van der Waals surface area contributed by atoms with E-state index in [1.54, 1.807) is 0 Å². The van der Waals surface area contributed by atoms with Crippen molar-refractivity contribution in [3.8, 4) is 0 Å². The predicted molar refractivity (Wildman–Crippen MR) is 59.8 cm³/mol. The highest BCUT2D eigenvalue weighted by atomic mass is 35.5. The Morgan fingerprint density at radius 1 is 1.46 bits per heavy atom. The fourth-order valence-electron chi connectivity index (χ4n) is 1.81. The molecular weight excluding hydrogens is 209 g/mol. The molecule has 0 saturated carbocycles. The zero-order valence-corrected chi connectivity index (χ0v) is 9.09. The first-order chi connectivity index (χ1) is 5.40. The molecule has 0 aromatic rings. The zero-order valence-electron chi connectivity index (χ0n) is 7.45. The molecule has 3 nitrogen and oxygen atoms in total. The van der Waals surface area contributed by atoms with Crippen molar-refractivity contribution in [3.63, 3.8) is 0 Å². The lowest BCUT2D eigenvalue weighted by Crippen LogP contribution is -2.46. The van der Waals surface area contributed by atoms with Gasteiger partial charge in [-0.2, -0.15) is 0 Å². The summed E-state index contributed by atoms with van der Waals surface area (Å²) in [7, 11) is 0. The van der Waals surface area contributed by atoms with Gasteiger partial charge in [0.15, 0.2) is 0 Å². The van der Waals surface area contributed by atoms with Crippen LogP contribution in [0.15, 0.2) is 11.6 Å². The number of hydrogen-bond donors (Lipinski definition) is 3. The molecule has 0 amide bonds. The van der Waals surface area contributed by atoms with E-state index in [1.165, 1.54) is 5.57 Å². The van der Waals surface area contributed by atoms with Gasteiger partial charge in [0, 0.05) is 31.7 Å². The van der Waals surface area contributed by atoms with Crippen molar-refractivity contribution in [1.82, 2.24) is 10.6 Å². The Morgan fingerprint density at radius 3 is 2.92 bits per heavy atom. The van der Waals surface area contributed by atoms with Crippen LogP contribution in [0.25, 0.3) is 0 Å². The van der Waals surface area contributed by atoms with Gasteiger partial charge in [-0.3, -0.25) is 0 Å². The van der Waals surface area contributed by atoms with Crippen LogP contribution in [0.4, 0.5) is 0 Å². The minimum Gasteiger partial charge on any atom is -0.329 e. The second-order valence-electron chi connectivity index (χ2n) is 3.30. The molecule has 0 radical (unpaired) electrons. The number of fused-ring (bicyclic) bond motifs is 1. The molecule has 0 bridgehead atoms. The summed E-state index contributed by atoms with van der Waals surface area (Å²) < 4.78 is 0. The highest BCUT2D eigenvalue weighted by Gasteiger charge is 2.25. The van der Waals surface area contributed by atoms with Gasteiger partial charge >= 0.3 is 0 Å². The quantitative estimate of drug-likeness (QED) is 0.554. The van der Waals surface area contributed by atoms with Gasteiger partial charge in [-0.05, 0) is 12.0 Å². The van der Waals surface area contributed by atoms with Gasteiger partial charge < -0.3 is 16.4 Å². The van der Waals surface area contributed by atoms with Gasteiger partial charge in [0.05, 0.1) is 0 Å². The number of rotatable bonds is 1. The van der Waals surface area contributed by atoms with Crippen LogP contribution in [0.5, 0.6) is 0 Å². The first-order valence-electron chi connectivity index (χ1n) is 4.26. The first kappa shape index (κ1) is 13.2. The lowest BCUT2D eigenvalue weighted by molar-refractivity contribution is 0.459. The summed E-state index contributed by atoms with van der Waals surface area (Å²) in [6.07, 6.45) is 3.43. The van der Waals surface area contributed by atoms with Crippen molar-refractivity contribution in [2.24, 2.45) is 5.73 Å². The molecule has 2 aliphatic rings. The number of nitrogens with one attached hydrogen (secondary N) is 2. The average molecular weight is 226 g/mol. The van der Waals surface area contributed by atoms with Crippen LogP contribution in [-0.4, -0.2) is 31.7 Å². The molecule has 2 atom stereocenters. The maximum Gasteiger partial charge on any atom is 0.0421 e. The Bertz CT molecular complexity index is 184. The van der Waals surface area contributed by atoms with Crippen LogP contribution in [0, 0.1) is 0 Å². The number of halogens is 2. The Labute approximate surface area is 91.3 Å². The molecule has 78 valence electrons. The molecular formula is C8H17Cl2N3. The van der Waals surface area contributed by atoms with Gasteiger partial charge in [0.25, 0.3) is 0 Å². The predicted octanol–water partition coefficient (Wildman–Crippen LogP) is 0.0488. The van der Waals surface area contributed by atoms with E-state index in [0.29, 0.717) is 12.1 Å². The Balaban J connectivity index is 0.000000720. The topological polar surface area (TPSA) is 50.1 Å². The van der Waals surface area contributed by atoms with E-state index in [2.05, 4.69) is 16.7 Å². The van der Waals surface area contributed by atoms with Gasteiger partial charge in [0.1, 0.15) is 0 Å². The second-order valence-corrected chi connectivity index (χ2v) is 3.30. The van der Waals surface area contributed by atoms with Crippen molar-refractivity contribution in [1.29, 1.82) is 0 Å². The summed E-state index contributed by atoms with van der Waals surface area (Å²) in [5, 5.41) is 6.85. The summed E-state index contributed by atoms with van der Waals surface area (Å²) in [6.45, 7) is 2.89. The van der Waals surface area contributed by atoms with Crippen LogP contribution in [0.2, 0.25) is 0 Å². The third kappa shape index (κ3) is 2.82. The van der Waals surface area contributed by atoms with Crippen molar-refractivity contribution in [2.45, 2.75) is 18.5 Å². The fraction of sp³-hybridized carbons (Fsp3) is 0.750. The molecule has 13 heavy (non-hydrogen) atoms. The smallest absolute Gasteiger partial charge is 0.0421 e. The minimum atomic E-state index is 0. The second kappa shape index (κ2) is 5.83. The van der Waals surface area contributed by atoms with E-state index < -0.39 is 0 Å². The van der Waals surface area contributed by atoms with Crippen molar-refractivity contribution >= 4 is 24.8 Å². The summed E-state index contributed by atoms with van der Waals surface area (Å²) in [6, 6.07) is 1.07. The molecule has 0 aromatic carbocycles. The summed E-state index contributed by atoms with van der Waals surface area (Å²) in [5.74, 6) is 0. The molecule has 0 aromatic heterocycles. The van der Waals surface area contributed by atoms with Gasteiger partial charge in [0.2, 0.25) is 0 Å². The average Bonchev–Trinajstić information content (AvgIpc) is 2.50. The van der Waals surface area contributed by atoms with E-state index in [1.807, 2.05) is 0 Å². The zero-order chi connectivity index (χ0) is 7.68. The largest absolute Gasteiger partial charge is 0.329 e. The normalized spacial score (nSPS) is 31.0. The lowest BCUT2D eigenvalue weighted by atomic mass is 10.0. The molecule has 2 rings (SSSR count). The highest BCUT2D eigenvalue weighted by Crippen LogP contribution is 2.15. The van der Waals surface area contributed by atoms with E-state index in [4.69, 9.17) is 5.73 Å². The van der Waals surface area contributed by atoms with E-state index >= 15 is 0 Å². The number of nitrogens with two attached hydrogens (primary N) is 1. The van der Waals surface area contributed by atoms with Crippen LogP contribution >= 0.6 is 24.8 Å². The lowest BCUT2D eigenvalue weighted by Gasteiger charge is -2.25. The van der Waals surface area contributed by atoms with Crippen LogP contribution in [0.1, 0.15) is 6.42 Å². The molecule has 2 unspecified atom stereocenters. The van der Waals surface area contributed by atoms with Crippen LogP contribution in [0.3, 0.4) is 0 Å². The van der Waals surface area contributed by atoms with Gasteiger partial charge in [-0.1, -0.05) is 6.08 Å². The molecule has 2 aliphatic heterocycles. The Morgan fingerprint density at radius 2 is 2.23 bits per heavy atom. The molecule has 2 heterocycles. The summed E-state index contributed by atoms with van der Waals surface area (Å²) >= 11 is 0. The van der Waals surface area contributed by atoms with Crippen LogP contribution in [-0.2, 0) is 0 Å². The maximum absolute atomic E-state index is 5.57. The summed E-state index contributed by atoms with van der Waals surface area (Å²) in [5.41, 5.74) is 7.10. The van der Waals surface area contributed by atoms with Crippen molar-refractivity contribution in [2.75, 3.05) is 19.6 Å². The third-order valence-corrected chi connectivity index (χ3v) is 2.51. The molecule has 0 aliphatic carbocycles. The van der Waals surface area contributed by atoms with Crippen LogP contribution < -0.4 is 16.4 Å².